The summed E-state index contributed by atoms with van der Waals surface area (Å²) >= 11 is 3.56. The summed E-state index contributed by atoms with van der Waals surface area (Å²) in [6.07, 6.45) is 0.831. The Morgan fingerprint density at radius 2 is 2.00 bits per heavy atom. The minimum Gasteiger partial charge on any atom is -0.399 e. The number of halogens is 1. The molecule has 3 N–H and O–H groups in total. The number of nitrogen functional groups attached to an aromatic ring is 1. The third-order valence-electron chi connectivity index (χ3n) is 3.21. The summed E-state index contributed by atoms with van der Waals surface area (Å²) in [6.45, 7) is 2.06. The normalized spacial score (nSPS) is 12.6. The lowest BCUT2D eigenvalue weighted by atomic mass is 10.0. The maximum atomic E-state index is 10.3. The topological polar surface area (TPSA) is 64.1 Å². The van der Waals surface area contributed by atoms with E-state index in [-0.39, 0.29) is 0 Å². The van der Waals surface area contributed by atoms with Crippen LogP contribution in [-0.2, 0) is 19.9 Å². The molecule has 1 heterocycles. The van der Waals surface area contributed by atoms with Crippen LogP contribution in [0.2, 0.25) is 0 Å². The van der Waals surface area contributed by atoms with Crippen molar-refractivity contribution >= 4 is 21.6 Å². The van der Waals surface area contributed by atoms with Crippen LogP contribution < -0.4 is 5.73 Å². The van der Waals surface area contributed by atoms with E-state index < -0.39 is 6.10 Å². The molecule has 5 heteroatoms. The van der Waals surface area contributed by atoms with Gasteiger partial charge in [0.25, 0.3) is 0 Å². The molecule has 0 aliphatic heterocycles. The van der Waals surface area contributed by atoms with E-state index in [0.29, 0.717) is 12.1 Å². The van der Waals surface area contributed by atoms with Gasteiger partial charge in [0.2, 0.25) is 0 Å². The summed E-state index contributed by atoms with van der Waals surface area (Å²) in [4.78, 5) is 0. The average Bonchev–Trinajstić information content (AvgIpc) is 2.67. The molecule has 2 aromatic rings. The Balaban J connectivity index is 2.21. The number of nitrogens with two attached hydrogens (primary N) is 1. The van der Waals surface area contributed by atoms with Crippen molar-refractivity contribution in [2.45, 2.75) is 25.9 Å². The number of hydrogen-bond acceptors (Lipinski definition) is 3. The molecule has 102 valence electrons. The first-order valence-electron chi connectivity index (χ1n) is 6.26. The predicted molar refractivity (Wildman–Crippen MR) is 79.8 cm³/mol. The van der Waals surface area contributed by atoms with Crippen LogP contribution in [0.4, 0.5) is 5.69 Å². The molecule has 1 unspecified atom stereocenters. The van der Waals surface area contributed by atoms with E-state index in [1.165, 1.54) is 0 Å². The van der Waals surface area contributed by atoms with Gasteiger partial charge in [0.15, 0.2) is 0 Å². The van der Waals surface area contributed by atoms with Gasteiger partial charge in [0.1, 0.15) is 0 Å². The van der Waals surface area contributed by atoms with Crippen molar-refractivity contribution < 1.29 is 5.11 Å². The van der Waals surface area contributed by atoms with Crippen molar-refractivity contribution in [3.05, 3.63) is 45.7 Å². The number of aryl methyl sites for hydroxylation is 2. The molecule has 1 aromatic heterocycles. The maximum Gasteiger partial charge on any atom is 0.0845 e. The van der Waals surface area contributed by atoms with Crippen molar-refractivity contribution in [3.8, 4) is 0 Å². The van der Waals surface area contributed by atoms with Gasteiger partial charge in [-0.25, -0.2) is 0 Å². The zero-order chi connectivity index (χ0) is 14.0. The van der Waals surface area contributed by atoms with Gasteiger partial charge in [-0.2, -0.15) is 5.10 Å². The molecule has 0 aliphatic carbocycles. The first-order chi connectivity index (χ1) is 9.02. The zero-order valence-corrected chi connectivity index (χ0v) is 12.7. The standard InChI is InChI=1S/C14H18BrN3O/c1-3-11-14(15)12(18(2)17-11)8-13(19)9-4-6-10(16)7-5-9/h4-7,13,19H,3,8,16H2,1-2H3. The van der Waals surface area contributed by atoms with Gasteiger partial charge in [0, 0.05) is 19.2 Å². The summed E-state index contributed by atoms with van der Waals surface area (Å²) in [7, 11) is 1.90. The smallest absolute Gasteiger partial charge is 0.0845 e. The van der Waals surface area contributed by atoms with E-state index in [1.54, 1.807) is 12.1 Å². The summed E-state index contributed by atoms with van der Waals surface area (Å²) in [5.41, 5.74) is 9.22. The largest absolute Gasteiger partial charge is 0.399 e. The lowest BCUT2D eigenvalue weighted by Crippen LogP contribution is -2.07. The third-order valence-corrected chi connectivity index (χ3v) is 4.13. The highest BCUT2D eigenvalue weighted by Crippen LogP contribution is 2.27. The van der Waals surface area contributed by atoms with Gasteiger partial charge in [-0.15, -0.1) is 0 Å². The van der Waals surface area contributed by atoms with E-state index in [1.807, 2.05) is 23.9 Å². The molecular formula is C14H18BrN3O. The molecule has 0 spiro atoms. The highest BCUT2D eigenvalue weighted by molar-refractivity contribution is 9.10. The number of benzene rings is 1. The second-order valence-corrected chi connectivity index (χ2v) is 5.36. The summed E-state index contributed by atoms with van der Waals surface area (Å²) in [6, 6.07) is 7.30. The first kappa shape index (κ1) is 14.1. The summed E-state index contributed by atoms with van der Waals surface area (Å²) in [5.74, 6) is 0. The number of nitrogens with zero attached hydrogens (tertiary/aromatic N) is 2. The third kappa shape index (κ3) is 2.98. The molecule has 2 rings (SSSR count). The van der Waals surface area contributed by atoms with Crippen LogP contribution in [0.3, 0.4) is 0 Å². The Hall–Kier alpha value is -1.33. The molecule has 0 saturated heterocycles. The molecule has 19 heavy (non-hydrogen) atoms. The van der Waals surface area contributed by atoms with E-state index in [4.69, 9.17) is 5.73 Å². The van der Waals surface area contributed by atoms with E-state index in [0.717, 1.165) is 27.8 Å². The van der Waals surface area contributed by atoms with Crippen LogP contribution in [0.25, 0.3) is 0 Å². The quantitative estimate of drug-likeness (QED) is 0.850. The minimum atomic E-state index is -0.558. The Bertz CT molecular complexity index is 563. The van der Waals surface area contributed by atoms with Crippen molar-refractivity contribution in [1.29, 1.82) is 0 Å². The number of aromatic nitrogens is 2. The van der Waals surface area contributed by atoms with Crippen molar-refractivity contribution in [2.24, 2.45) is 7.05 Å². The van der Waals surface area contributed by atoms with Gasteiger partial charge in [0.05, 0.1) is 22.0 Å². The van der Waals surface area contributed by atoms with E-state index in [9.17, 15) is 5.11 Å². The lowest BCUT2D eigenvalue weighted by Gasteiger charge is -2.12. The fourth-order valence-corrected chi connectivity index (χ4v) is 2.84. The number of hydrogen-bond donors (Lipinski definition) is 2. The Labute approximate surface area is 121 Å². The van der Waals surface area contributed by atoms with Crippen LogP contribution in [0, 0.1) is 0 Å². The molecule has 1 atom stereocenters. The van der Waals surface area contributed by atoms with Crippen molar-refractivity contribution in [2.75, 3.05) is 5.73 Å². The Morgan fingerprint density at radius 1 is 1.37 bits per heavy atom. The van der Waals surface area contributed by atoms with Gasteiger partial charge in [-0.3, -0.25) is 4.68 Å². The van der Waals surface area contributed by atoms with Gasteiger partial charge >= 0.3 is 0 Å². The number of anilines is 1. The number of aliphatic hydroxyl groups excluding tert-OH is 1. The van der Waals surface area contributed by atoms with Crippen LogP contribution in [0.15, 0.2) is 28.7 Å². The first-order valence-corrected chi connectivity index (χ1v) is 7.06. The summed E-state index contributed by atoms with van der Waals surface area (Å²) < 4.78 is 2.82. The number of aliphatic hydroxyl groups is 1. The average molecular weight is 324 g/mol. The zero-order valence-electron chi connectivity index (χ0n) is 11.1. The molecule has 0 amide bonds. The van der Waals surface area contributed by atoms with Gasteiger partial charge in [-0.1, -0.05) is 19.1 Å². The van der Waals surface area contributed by atoms with Crippen LogP contribution in [0.1, 0.15) is 30.0 Å². The SMILES string of the molecule is CCc1nn(C)c(CC(O)c2ccc(N)cc2)c1Br. The second-order valence-electron chi connectivity index (χ2n) is 4.57. The van der Waals surface area contributed by atoms with Crippen LogP contribution in [0.5, 0.6) is 0 Å². The van der Waals surface area contributed by atoms with E-state index in [2.05, 4.69) is 28.0 Å². The fraction of sp³-hybridized carbons (Fsp3) is 0.357. The van der Waals surface area contributed by atoms with Crippen molar-refractivity contribution in [1.82, 2.24) is 9.78 Å². The van der Waals surface area contributed by atoms with Crippen molar-refractivity contribution in [3.63, 3.8) is 0 Å². The molecule has 1 aromatic carbocycles. The second kappa shape index (κ2) is 5.75. The number of rotatable bonds is 4. The summed E-state index contributed by atoms with van der Waals surface area (Å²) in [5, 5.41) is 14.7. The van der Waals surface area contributed by atoms with E-state index >= 15 is 0 Å². The molecule has 0 radical (unpaired) electrons. The molecule has 0 fully saturated rings. The minimum absolute atomic E-state index is 0.522. The highest BCUT2D eigenvalue weighted by atomic mass is 79.9. The lowest BCUT2D eigenvalue weighted by molar-refractivity contribution is 0.175. The predicted octanol–water partition coefficient (Wildman–Crippen LogP) is 2.60. The Morgan fingerprint density at radius 3 is 2.53 bits per heavy atom. The molecule has 0 aliphatic rings. The molecular weight excluding hydrogens is 306 g/mol. The molecule has 0 saturated carbocycles. The molecule has 0 bridgehead atoms. The monoisotopic (exact) mass is 323 g/mol. The van der Waals surface area contributed by atoms with Crippen LogP contribution in [-0.4, -0.2) is 14.9 Å². The van der Waals surface area contributed by atoms with Gasteiger partial charge in [-0.05, 0) is 40.0 Å². The highest BCUT2D eigenvalue weighted by Gasteiger charge is 2.17. The maximum absolute atomic E-state index is 10.3. The van der Waals surface area contributed by atoms with Crippen LogP contribution >= 0.6 is 15.9 Å². The van der Waals surface area contributed by atoms with Gasteiger partial charge < -0.3 is 10.8 Å². The molecule has 4 nitrogen and oxygen atoms in total. The fourth-order valence-electron chi connectivity index (χ4n) is 2.06. The Kier molecular flexibility index (Phi) is 4.27.